The molecule has 2 heteroatoms. The van der Waals surface area contributed by atoms with Crippen LogP contribution < -0.4 is 5.32 Å². The molecular formula is C22H22N2. The van der Waals surface area contributed by atoms with Crippen LogP contribution in [-0.4, -0.2) is 11.5 Å². The first kappa shape index (κ1) is 14.9. The minimum absolute atomic E-state index is 0.163. The van der Waals surface area contributed by atoms with Crippen LogP contribution in [0.15, 0.2) is 60.8 Å². The van der Waals surface area contributed by atoms with E-state index in [0.29, 0.717) is 0 Å². The smallest absolute Gasteiger partial charge is 0.0708 e. The number of benzene rings is 2. The summed E-state index contributed by atoms with van der Waals surface area (Å²) in [7, 11) is 0. The van der Waals surface area contributed by atoms with Crippen LogP contribution in [0, 0.1) is 6.92 Å². The molecule has 0 aliphatic carbocycles. The molecule has 2 aromatic carbocycles. The lowest BCUT2D eigenvalue weighted by atomic mass is 9.83. The zero-order valence-electron chi connectivity index (χ0n) is 14.4. The van der Waals surface area contributed by atoms with Crippen LogP contribution in [0.1, 0.15) is 25.0 Å². The molecule has 1 aliphatic rings. The number of hydrogen-bond donors (Lipinski definition) is 1. The van der Waals surface area contributed by atoms with E-state index < -0.39 is 0 Å². The maximum atomic E-state index is 4.56. The highest BCUT2D eigenvalue weighted by Crippen LogP contribution is 2.45. The van der Waals surface area contributed by atoms with Crippen LogP contribution >= 0.6 is 0 Å². The van der Waals surface area contributed by atoms with Crippen molar-refractivity contribution >= 4 is 5.69 Å². The zero-order chi connectivity index (χ0) is 16.7. The van der Waals surface area contributed by atoms with Crippen LogP contribution in [0.3, 0.4) is 0 Å². The minimum Gasteiger partial charge on any atom is -0.383 e. The predicted octanol–water partition coefficient (Wildman–Crippen LogP) is 5.43. The molecule has 1 aliphatic heterocycles. The van der Waals surface area contributed by atoms with Gasteiger partial charge in [-0.25, -0.2) is 0 Å². The Labute approximate surface area is 143 Å². The van der Waals surface area contributed by atoms with Gasteiger partial charge in [-0.2, -0.15) is 0 Å². The number of hydrogen-bond acceptors (Lipinski definition) is 2. The lowest BCUT2D eigenvalue weighted by Gasteiger charge is -2.19. The summed E-state index contributed by atoms with van der Waals surface area (Å²) in [4.78, 5) is 4.56. The molecule has 0 saturated carbocycles. The Bertz CT molecular complexity index is 895. The lowest BCUT2D eigenvalue weighted by Crippen LogP contribution is -2.18. The molecular weight excluding hydrogens is 292 g/mol. The maximum Gasteiger partial charge on any atom is 0.0708 e. The minimum atomic E-state index is 0.163. The van der Waals surface area contributed by atoms with Crippen LogP contribution in [0.5, 0.6) is 0 Å². The van der Waals surface area contributed by atoms with E-state index in [4.69, 9.17) is 0 Å². The van der Waals surface area contributed by atoms with Crippen LogP contribution in [0.2, 0.25) is 0 Å². The van der Waals surface area contributed by atoms with Crippen LogP contribution in [0.25, 0.3) is 22.4 Å². The Kier molecular flexibility index (Phi) is 3.42. The summed E-state index contributed by atoms with van der Waals surface area (Å²) in [5, 5.41) is 3.64. The Hall–Kier alpha value is -2.61. The van der Waals surface area contributed by atoms with Crippen LogP contribution in [-0.2, 0) is 5.41 Å². The summed E-state index contributed by atoms with van der Waals surface area (Å²) >= 11 is 0. The van der Waals surface area contributed by atoms with Crippen LogP contribution in [0.4, 0.5) is 5.69 Å². The summed E-state index contributed by atoms with van der Waals surface area (Å²) in [6.45, 7) is 7.77. The number of pyridine rings is 1. The number of anilines is 1. The van der Waals surface area contributed by atoms with Crippen molar-refractivity contribution in [3.8, 4) is 22.4 Å². The molecule has 24 heavy (non-hydrogen) atoms. The highest BCUT2D eigenvalue weighted by atomic mass is 14.9. The molecule has 0 spiro atoms. The SMILES string of the molecule is Cc1cc(-c2ccccc2-c2ccccn2)c2c(c1)C(C)(C)CN2. The summed E-state index contributed by atoms with van der Waals surface area (Å²) < 4.78 is 0. The molecule has 2 heterocycles. The van der Waals surface area contributed by atoms with Gasteiger partial charge in [-0.05, 0) is 36.2 Å². The van der Waals surface area contributed by atoms with Gasteiger partial charge in [0.2, 0.25) is 0 Å². The summed E-state index contributed by atoms with van der Waals surface area (Å²) in [6.07, 6.45) is 1.86. The fourth-order valence-corrected chi connectivity index (χ4v) is 3.59. The van der Waals surface area contributed by atoms with E-state index >= 15 is 0 Å². The van der Waals surface area contributed by atoms with Gasteiger partial charge < -0.3 is 5.32 Å². The third-order valence-corrected chi connectivity index (χ3v) is 4.88. The topological polar surface area (TPSA) is 24.9 Å². The second kappa shape index (κ2) is 5.48. The van der Waals surface area contributed by atoms with E-state index in [1.165, 1.54) is 33.5 Å². The van der Waals surface area contributed by atoms with E-state index in [1.807, 2.05) is 18.3 Å². The van der Waals surface area contributed by atoms with Gasteiger partial charge in [0.25, 0.3) is 0 Å². The van der Waals surface area contributed by atoms with Gasteiger partial charge in [0.15, 0.2) is 0 Å². The second-order valence-electron chi connectivity index (χ2n) is 7.23. The van der Waals surface area contributed by atoms with Gasteiger partial charge in [-0.3, -0.25) is 4.98 Å². The average Bonchev–Trinajstić information content (AvgIpc) is 2.90. The molecule has 0 atom stereocenters. The van der Waals surface area contributed by atoms with Crippen molar-refractivity contribution in [3.05, 3.63) is 71.9 Å². The van der Waals surface area contributed by atoms with E-state index in [-0.39, 0.29) is 5.41 Å². The Morgan fingerprint density at radius 1 is 0.917 bits per heavy atom. The molecule has 3 aromatic rings. The van der Waals surface area contributed by atoms with Gasteiger partial charge in [0, 0.05) is 35.0 Å². The summed E-state index contributed by atoms with van der Waals surface area (Å²) in [5.74, 6) is 0. The highest BCUT2D eigenvalue weighted by molar-refractivity contribution is 5.91. The number of aromatic nitrogens is 1. The first-order valence-corrected chi connectivity index (χ1v) is 8.46. The van der Waals surface area contributed by atoms with Gasteiger partial charge >= 0.3 is 0 Å². The molecule has 0 bridgehead atoms. The van der Waals surface area contributed by atoms with Crippen molar-refractivity contribution in [2.45, 2.75) is 26.2 Å². The standard InChI is InChI=1S/C22H22N2/c1-15-12-18(21-19(13-15)22(2,3)14-24-21)16-8-4-5-9-17(16)20-10-6-7-11-23-20/h4-13,24H,14H2,1-3H3. The van der Waals surface area contributed by atoms with Crippen molar-refractivity contribution in [1.82, 2.24) is 4.98 Å². The van der Waals surface area contributed by atoms with Crippen molar-refractivity contribution in [3.63, 3.8) is 0 Å². The molecule has 120 valence electrons. The average molecular weight is 314 g/mol. The first-order chi connectivity index (χ1) is 11.6. The number of rotatable bonds is 2. The second-order valence-corrected chi connectivity index (χ2v) is 7.23. The van der Waals surface area contributed by atoms with E-state index in [2.05, 4.69) is 73.5 Å². The summed E-state index contributed by atoms with van der Waals surface area (Å²) in [6, 6.07) is 19.2. The van der Waals surface area contributed by atoms with Crippen molar-refractivity contribution in [1.29, 1.82) is 0 Å². The molecule has 1 N–H and O–H groups in total. The molecule has 0 radical (unpaired) electrons. The maximum absolute atomic E-state index is 4.56. The van der Waals surface area contributed by atoms with Gasteiger partial charge in [0.05, 0.1) is 5.69 Å². The molecule has 0 unspecified atom stereocenters. The van der Waals surface area contributed by atoms with Crippen molar-refractivity contribution < 1.29 is 0 Å². The zero-order valence-corrected chi connectivity index (χ0v) is 14.4. The molecule has 4 rings (SSSR count). The first-order valence-electron chi connectivity index (χ1n) is 8.46. The normalized spacial score (nSPS) is 15.0. The highest BCUT2D eigenvalue weighted by Gasteiger charge is 2.32. The Morgan fingerprint density at radius 2 is 1.67 bits per heavy atom. The fraction of sp³-hybridized carbons (Fsp3) is 0.227. The number of fused-ring (bicyclic) bond motifs is 1. The monoisotopic (exact) mass is 314 g/mol. The number of nitrogens with one attached hydrogen (secondary N) is 1. The summed E-state index contributed by atoms with van der Waals surface area (Å²) in [5.41, 5.74) is 8.85. The van der Waals surface area contributed by atoms with E-state index in [0.717, 1.165) is 12.2 Å². The fourth-order valence-electron chi connectivity index (χ4n) is 3.59. The van der Waals surface area contributed by atoms with Crippen molar-refractivity contribution in [2.24, 2.45) is 0 Å². The molecule has 0 fully saturated rings. The number of nitrogens with zero attached hydrogens (tertiary/aromatic N) is 1. The van der Waals surface area contributed by atoms with Crippen molar-refractivity contribution in [2.75, 3.05) is 11.9 Å². The predicted molar refractivity (Wildman–Crippen MR) is 101 cm³/mol. The molecule has 0 saturated heterocycles. The largest absolute Gasteiger partial charge is 0.383 e. The third-order valence-electron chi connectivity index (χ3n) is 4.88. The Morgan fingerprint density at radius 3 is 2.42 bits per heavy atom. The van der Waals surface area contributed by atoms with Gasteiger partial charge in [-0.15, -0.1) is 0 Å². The van der Waals surface area contributed by atoms with E-state index in [9.17, 15) is 0 Å². The number of aryl methyl sites for hydroxylation is 1. The lowest BCUT2D eigenvalue weighted by molar-refractivity contribution is 0.586. The van der Waals surface area contributed by atoms with E-state index in [1.54, 1.807) is 0 Å². The third kappa shape index (κ3) is 2.39. The quantitative estimate of drug-likeness (QED) is 0.682. The molecule has 1 aromatic heterocycles. The Balaban J connectivity index is 1.97. The molecule has 0 amide bonds. The van der Waals surface area contributed by atoms with Gasteiger partial charge in [-0.1, -0.05) is 55.8 Å². The van der Waals surface area contributed by atoms with Gasteiger partial charge in [0.1, 0.15) is 0 Å². The molecule has 2 nitrogen and oxygen atoms in total.